The Hall–Kier alpha value is -0.610. The van der Waals surface area contributed by atoms with E-state index in [9.17, 15) is 4.79 Å². The molecule has 1 aliphatic carbocycles. The molecule has 1 saturated carbocycles. The predicted octanol–water partition coefficient (Wildman–Crippen LogP) is 3.32. The first-order valence-electron chi connectivity index (χ1n) is 11.3. The standard InChI is InChI=1S/C22H41N3O/c1-4-23-11-9-19(10-12-23)17-24-13-15-25(16-14-24)22(26)21-7-5-20(6-8-21)18(2)3/h18-21H,4-17H2,1-3H3. The molecule has 3 rings (SSSR count). The lowest BCUT2D eigenvalue weighted by molar-refractivity contribution is -0.138. The molecule has 2 heterocycles. The zero-order valence-electron chi connectivity index (χ0n) is 17.5. The van der Waals surface area contributed by atoms with Crippen molar-refractivity contribution in [3.05, 3.63) is 0 Å². The first-order valence-corrected chi connectivity index (χ1v) is 11.3. The van der Waals surface area contributed by atoms with Crippen molar-refractivity contribution in [2.24, 2.45) is 23.7 Å². The minimum Gasteiger partial charge on any atom is -0.340 e. The molecule has 4 nitrogen and oxygen atoms in total. The maximum Gasteiger partial charge on any atom is 0.225 e. The van der Waals surface area contributed by atoms with Crippen molar-refractivity contribution >= 4 is 5.91 Å². The Morgan fingerprint density at radius 3 is 2.00 bits per heavy atom. The highest BCUT2D eigenvalue weighted by molar-refractivity contribution is 5.79. The Labute approximate surface area is 161 Å². The Kier molecular flexibility index (Phi) is 7.39. The minimum absolute atomic E-state index is 0.315. The van der Waals surface area contributed by atoms with Gasteiger partial charge in [-0.2, -0.15) is 0 Å². The largest absolute Gasteiger partial charge is 0.340 e. The zero-order chi connectivity index (χ0) is 18.5. The Morgan fingerprint density at radius 2 is 1.46 bits per heavy atom. The van der Waals surface area contributed by atoms with E-state index in [0.29, 0.717) is 11.8 Å². The Bertz CT molecular complexity index is 429. The number of amides is 1. The summed E-state index contributed by atoms with van der Waals surface area (Å²) in [6.45, 7) is 16.0. The molecule has 3 aliphatic rings. The van der Waals surface area contributed by atoms with Gasteiger partial charge in [-0.15, -0.1) is 0 Å². The van der Waals surface area contributed by atoms with Crippen LogP contribution in [0.2, 0.25) is 0 Å². The summed E-state index contributed by atoms with van der Waals surface area (Å²) in [5.41, 5.74) is 0. The maximum absolute atomic E-state index is 12.9. The average Bonchev–Trinajstić information content (AvgIpc) is 2.69. The first-order chi connectivity index (χ1) is 12.6. The van der Waals surface area contributed by atoms with Crippen molar-refractivity contribution < 1.29 is 4.79 Å². The van der Waals surface area contributed by atoms with Crippen LogP contribution in [0.25, 0.3) is 0 Å². The highest BCUT2D eigenvalue weighted by Gasteiger charge is 2.32. The molecule has 0 atom stereocenters. The lowest BCUT2D eigenvalue weighted by Gasteiger charge is -2.40. The van der Waals surface area contributed by atoms with Gasteiger partial charge in [0.25, 0.3) is 0 Å². The van der Waals surface area contributed by atoms with Crippen LogP contribution >= 0.6 is 0 Å². The normalized spacial score (nSPS) is 30.1. The van der Waals surface area contributed by atoms with Crippen LogP contribution in [0.5, 0.6) is 0 Å². The summed E-state index contributed by atoms with van der Waals surface area (Å²) in [6.07, 6.45) is 7.46. The predicted molar refractivity (Wildman–Crippen MR) is 108 cm³/mol. The van der Waals surface area contributed by atoms with Gasteiger partial charge < -0.3 is 9.80 Å². The van der Waals surface area contributed by atoms with Crippen LogP contribution in [0.1, 0.15) is 59.3 Å². The molecule has 2 saturated heterocycles. The molecule has 1 amide bonds. The maximum atomic E-state index is 12.9. The van der Waals surface area contributed by atoms with Crippen LogP contribution in [-0.4, -0.2) is 73.0 Å². The fourth-order valence-electron chi connectivity index (χ4n) is 5.29. The second-order valence-corrected chi connectivity index (χ2v) is 9.36. The third-order valence-corrected chi connectivity index (χ3v) is 7.42. The molecule has 0 spiro atoms. The molecule has 150 valence electrons. The average molecular weight is 364 g/mol. The van der Waals surface area contributed by atoms with Gasteiger partial charge in [0.1, 0.15) is 0 Å². The number of nitrogens with zero attached hydrogens (tertiary/aromatic N) is 3. The van der Waals surface area contributed by atoms with E-state index in [0.717, 1.165) is 56.8 Å². The highest BCUT2D eigenvalue weighted by Crippen LogP contribution is 2.34. The van der Waals surface area contributed by atoms with Gasteiger partial charge in [-0.1, -0.05) is 20.8 Å². The number of carbonyl (C=O) groups excluding carboxylic acids is 1. The molecular weight excluding hydrogens is 322 g/mol. The van der Waals surface area contributed by atoms with Crippen LogP contribution in [0.3, 0.4) is 0 Å². The van der Waals surface area contributed by atoms with E-state index < -0.39 is 0 Å². The summed E-state index contributed by atoms with van der Waals surface area (Å²) in [4.78, 5) is 20.3. The van der Waals surface area contributed by atoms with E-state index in [4.69, 9.17) is 0 Å². The lowest BCUT2D eigenvalue weighted by atomic mass is 9.76. The summed E-state index contributed by atoms with van der Waals surface area (Å²) in [6, 6.07) is 0. The summed E-state index contributed by atoms with van der Waals surface area (Å²) in [5, 5.41) is 0. The van der Waals surface area contributed by atoms with Crippen molar-refractivity contribution in [3.8, 4) is 0 Å². The first kappa shape index (κ1) is 20.1. The van der Waals surface area contributed by atoms with Gasteiger partial charge in [-0.25, -0.2) is 0 Å². The molecular formula is C22H41N3O. The summed E-state index contributed by atoms with van der Waals surface area (Å²) < 4.78 is 0. The molecule has 0 radical (unpaired) electrons. The second-order valence-electron chi connectivity index (χ2n) is 9.36. The zero-order valence-corrected chi connectivity index (χ0v) is 17.5. The van der Waals surface area contributed by atoms with Gasteiger partial charge in [-0.3, -0.25) is 9.69 Å². The highest BCUT2D eigenvalue weighted by atomic mass is 16.2. The fourth-order valence-corrected chi connectivity index (χ4v) is 5.29. The lowest BCUT2D eigenvalue weighted by Crippen LogP contribution is -2.52. The molecule has 0 aromatic heterocycles. The second kappa shape index (κ2) is 9.54. The van der Waals surface area contributed by atoms with Gasteiger partial charge in [0.05, 0.1) is 0 Å². The topological polar surface area (TPSA) is 26.8 Å². The van der Waals surface area contributed by atoms with Crippen molar-refractivity contribution in [1.82, 2.24) is 14.7 Å². The van der Waals surface area contributed by atoms with E-state index in [1.165, 1.54) is 51.9 Å². The van der Waals surface area contributed by atoms with E-state index in [1.54, 1.807) is 0 Å². The summed E-state index contributed by atoms with van der Waals surface area (Å²) in [5.74, 6) is 3.26. The molecule has 0 unspecified atom stereocenters. The number of rotatable bonds is 5. The van der Waals surface area contributed by atoms with Crippen LogP contribution in [0, 0.1) is 23.7 Å². The number of carbonyl (C=O) groups is 1. The third-order valence-electron chi connectivity index (χ3n) is 7.42. The SMILES string of the molecule is CCN1CCC(CN2CCN(C(=O)C3CCC(C(C)C)CC3)CC2)CC1. The minimum atomic E-state index is 0.315. The summed E-state index contributed by atoms with van der Waals surface area (Å²) >= 11 is 0. The molecule has 3 fully saturated rings. The van der Waals surface area contributed by atoms with E-state index in [2.05, 4.69) is 35.5 Å². The van der Waals surface area contributed by atoms with Gasteiger partial charge in [0, 0.05) is 38.6 Å². The van der Waals surface area contributed by atoms with Crippen molar-refractivity contribution in [1.29, 1.82) is 0 Å². The number of piperidine rings is 1. The molecule has 2 aliphatic heterocycles. The van der Waals surface area contributed by atoms with Crippen LogP contribution in [-0.2, 0) is 4.79 Å². The van der Waals surface area contributed by atoms with Crippen molar-refractivity contribution in [2.45, 2.75) is 59.3 Å². The fraction of sp³-hybridized carbons (Fsp3) is 0.955. The number of hydrogen-bond donors (Lipinski definition) is 0. The molecule has 0 bridgehead atoms. The molecule has 0 aromatic carbocycles. The van der Waals surface area contributed by atoms with Gasteiger partial charge in [0.2, 0.25) is 5.91 Å². The molecule has 0 aromatic rings. The van der Waals surface area contributed by atoms with Gasteiger partial charge in [0.15, 0.2) is 0 Å². The monoisotopic (exact) mass is 363 g/mol. The Balaban J connectivity index is 1.36. The van der Waals surface area contributed by atoms with Crippen LogP contribution < -0.4 is 0 Å². The number of piperazine rings is 1. The van der Waals surface area contributed by atoms with Crippen LogP contribution in [0.4, 0.5) is 0 Å². The van der Waals surface area contributed by atoms with Crippen LogP contribution in [0.15, 0.2) is 0 Å². The van der Waals surface area contributed by atoms with Crippen molar-refractivity contribution in [3.63, 3.8) is 0 Å². The number of likely N-dealkylation sites (tertiary alicyclic amines) is 1. The Morgan fingerprint density at radius 1 is 0.846 bits per heavy atom. The van der Waals surface area contributed by atoms with Crippen molar-refractivity contribution in [2.75, 3.05) is 52.4 Å². The molecule has 0 N–H and O–H groups in total. The quantitative estimate of drug-likeness (QED) is 0.750. The third kappa shape index (κ3) is 5.22. The van der Waals surface area contributed by atoms with Gasteiger partial charge >= 0.3 is 0 Å². The molecule has 26 heavy (non-hydrogen) atoms. The summed E-state index contributed by atoms with van der Waals surface area (Å²) in [7, 11) is 0. The van der Waals surface area contributed by atoms with E-state index >= 15 is 0 Å². The van der Waals surface area contributed by atoms with E-state index in [-0.39, 0.29) is 0 Å². The smallest absolute Gasteiger partial charge is 0.225 e. The van der Waals surface area contributed by atoms with E-state index in [1.807, 2.05) is 0 Å². The van der Waals surface area contributed by atoms with Gasteiger partial charge in [-0.05, 0) is 75.9 Å². The molecule has 4 heteroatoms. The number of hydrogen-bond acceptors (Lipinski definition) is 3.